The lowest BCUT2D eigenvalue weighted by atomic mass is 10.3. The van der Waals surface area contributed by atoms with Crippen LogP contribution in [0.5, 0.6) is 0 Å². The monoisotopic (exact) mass is 203 g/mol. The van der Waals surface area contributed by atoms with Crippen LogP contribution in [-0.4, -0.2) is 10.9 Å². The van der Waals surface area contributed by atoms with Crippen LogP contribution < -0.4 is 4.90 Å². The highest BCUT2D eigenvalue weighted by atomic mass is 32.1. The molecule has 0 aromatic heterocycles. The molecule has 14 heavy (non-hydrogen) atoms. The van der Waals surface area contributed by atoms with Crippen LogP contribution in [0.1, 0.15) is 6.92 Å². The molecule has 0 aliphatic carbocycles. The van der Waals surface area contributed by atoms with Gasteiger partial charge in [0.2, 0.25) is 0 Å². The molecular formula is C11H9NOS. The summed E-state index contributed by atoms with van der Waals surface area (Å²) in [6.07, 6.45) is 1.73. The van der Waals surface area contributed by atoms with E-state index in [0.717, 1.165) is 5.69 Å². The van der Waals surface area contributed by atoms with Crippen LogP contribution in [0.2, 0.25) is 0 Å². The second-order valence-corrected chi connectivity index (χ2v) is 3.56. The highest BCUT2D eigenvalue weighted by Crippen LogP contribution is 2.22. The zero-order chi connectivity index (χ0) is 10.1. The molecule has 2 nitrogen and oxygen atoms in total. The number of nitrogens with zero attached hydrogens (tertiary/aromatic N) is 1. The Hall–Kier alpha value is -1.48. The number of anilines is 1. The summed E-state index contributed by atoms with van der Waals surface area (Å²) in [5, 5.41) is 0. The quantitative estimate of drug-likeness (QED) is 0.653. The Labute approximate surface area is 87.8 Å². The van der Waals surface area contributed by atoms with Crippen molar-refractivity contribution in [3.63, 3.8) is 0 Å². The molecule has 0 fully saturated rings. The first-order chi connectivity index (χ1) is 6.70. The van der Waals surface area contributed by atoms with E-state index in [1.807, 2.05) is 30.3 Å². The number of carbonyl (C=O) groups excluding carboxylic acids is 1. The van der Waals surface area contributed by atoms with E-state index >= 15 is 0 Å². The second-order valence-electron chi connectivity index (χ2n) is 3.14. The zero-order valence-corrected chi connectivity index (χ0v) is 8.54. The van der Waals surface area contributed by atoms with Crippen molar-refractivity contribution < 1.29 is 4.79 Å². The Morgan fingerprint density at radius 1 is 1.21 bits per heavy atom. The van der Waals surface area contributed by atoms with Gasteiger partial charge in [-0.1, -0.05) is 30.4 Å². The summed E-state index contributed by atoms with van der Waals surface area (Å²) in [7, 11) is 0. The van der Waals surface area contributed by atoms with Gasteiger partial charge in [0.25, 0.3) is 5.91 Å². The third kappa shape index (κ3) is 1.36. The first kappa shape index (κ1) is 9.09. The largest absolute Gasteiger partial charge is 0.269 e. The Kier molecular flexibility index (Phi) is 2.17. The number of carbonyl (C=O) groups is 1. The number of hydrogen-bond donors (Lipinski definition) is 0. The van der Waals surface area contributed by atoms with Gasteiger partial charge in [0.05, 0.1) is 5.69 Å². The maximum atomic E-state index is 11.7. The van der Waals surface area contributed by atoms with Gasteiger partial charge >= 0.3 is 0 Å². The van der Waals surface area contributed by atoms with Crippen molar-refractivity contribution in [3.05, 3.63) is 42.0 Å². The van der Waals surface area contributed by atoms with Crippen LogP contribution in [-0.2, 0) is 4.79 Å². The molecule has 0 saturated heterocycles. The highest BCUT2D eigenvalue weighted by molar-refractivity contribution is 7.81. The molecule has 0 unspecified atom stereocenters. The molecule has 1 amide bonds. The number of thiocarbonyl (C=S) groups is 1. The average molecular weight is 203 g/mol. The van der Waals surface area contributed by atoms with Crippen molar-refractivity contribution in [2.24, 2.45) is 0 Å². The maximum Gasteiger partial charge on any atom is 0.259 e. The molecule has 0 bridgehead atoms. The smallest absolute Gasteiger partial charge is 0.259 e. The van der Waals surface area contributed by atoms with E-state index in [9.17, 15) is 4.79 Å². The van der Waals surface area contributed by atoms with Gasteiger partial charge in [0.1, 0.15) is 4.99 Å². The Bertz CT molecular complexity index is 422. The molecule has 0 spiro atoms. The lowest BCUT2D eigenvalue weighted by Crippen LogP contribution is -2.29. The fraction of sp³-hybridized carbons (Fsp3) is 0.0909. The van der Waals surface area contributed by atoms with Gasteiger partial charge in [-0.2, -0.15) is 0 Å². The molecule has 0 saturated carbocycles. The molecule has 2 rings (SSSR count). The summed E-state index contributed by atoms with van der Waals surface area (Å²) in [4.78, 5) is 13.8. The van der Waals surface area contributed by atoms with Crippen LogP contribution in [0.3, 0.4) is 0 Å². The number of hydrogen-bond acceptors (Lipinski definition) is 2. The minimum Gasteiger partial charge on any atom is -0.269 e. The summed E-state index contributed by atoms with van der Waals surface area (Å²) in [6, 6.07) is 9.43. The van der Waals surface area contributed by atoms with Crippen LogP contribution in [0.25, 0.3) is 0 Å². The maximum absolute atomic E-state index is 11.7. The number of para-hydroxylation sites is 1. The summed E-state index contributed by atoms with van der Waals surface area (Å²) in [5.74, 6) is -0.0267. The second kappa shape index (κ2) is 3.35. The van der Waals surface area contributed by atoms with Gasteiger partial charge < -0.3 is 0 Å². The predicted octanol–water partition coefficient (Wildman–Crippen LogP) is 2.31. The summed E-state index contributed by atoms with van der Waals surface area (Å²) >= 11 is 5.11. The van der Waals surface area contributed by atoms with Crippen molar-refractivity contribution in [2.75, 3.05) is 4.90 Å². The molecule has 1 aromatic rings. The first-order valence-electron chi connectivity index (χ1n) is 4.32. The minimum absolute atomic E-state index is 0.0267. The first-order valence-corrected chi connectivity index (χ1v) is 4.73. The molecule has 0 N–H and O–H groups in total. The highest BCUT2D eigenvalue weighted by Gasteiger charge is 2.26. The van der Waals surface area contributed by atoms with Crippen molar-refractivity contribution in [2.45, 2.75) is 6.92 Å². The van der Waals surface area contributed by atoms with E-state index in [-0.39, 0.29) is 5.91 Å². The predicted molar refractivity (Wildman–Crippen MR) is 60.3 cm³/mol. The average Bonchev–Trinajstić information content (AvgIpc) is 2.43. The summed E-state index contributed by atoms with van der Waals surface area (Å²) < 4.78 is 0. The van der Waals surface area contributed by atoms with Gasteiger partial charge in [-0.3, -0.25) is 9.69 Å². The molecule has 0 radical (unpaired) electrons. The zero-order valence-electron chi connectivity index (χ0n) is 7.73. The van der Waals surface area contributed by atoms with Crippen LogP contribution in [0, 0.1) is 0 Å². The van der Waals surface area contributed by atoms with Crippen LogP contribution >= 0.6 is 12.2 Å². The molecule has 1 aliphatic rings. The summed E-state index contributed by atoms with van der Waals surface area (Å²) in [5.41, 5.74) is 1.52. The van der Waals surface area contributed by atoms with E-state index in [0.29, 0.717) is 10.6 Å². The molecule has 1 heterocycles. The molecule has 3 heteroatoms. The van der Waals surface area contributed by atoms with Crippen LogP contribution in [0.15, 0.2) is 42.0 Å². The van der Waals surface area contributed by atoms with Crippen LogP contribution in [0.4, 0.5) is 5.69 Å². The molecule has 1 aromatic carbocycles. The van der Waals surface area contributed by atoms with E-state index < -0.39 is 0 Å². The molecule has 0 atom stereocenters. The van der Waals surface area contributed by atoms with Crippen molar-refractivity contribution in [1.82, 2.24) is 0 Å². The number of rotatable bonds is 1. The van der Waals surface area contributed by atoms with Gasteiger partial charge in [-0.15, -0.1) is 0 Å². The fourth-order valence-electron chi connectivity index (χ4n) is 1.41. The van der Waals surface area contributed by atoms with Crippen molar-refractivity contribution in [1.29, 1.82) is 0 Å². The van der Waals surface area contributed by atoms with Gasteiger partial charge in [0.15, 0.2) is 0 Å². The number of benzene rings is 1. The van der Waals surface area contributed by atoms with E-state index in [1.165, 1.54) is 0 Å². The van der Waals surface area contributed by atoms with E-state index in [2.05, 4.69) is 0 Å². The normalized spacial score (nSPS) is 16.1. The topological polar surface area (TPSA) is 20.3 Å². The molecule has 1 aliphatic heterocycles. The third-order valence-electron chi connectivity index (χ3n) is 2.12. The molecule has 70 valence electrons. The lowest BCUT2D eigenvalue weighted by Gasteiger charge is -2.15. The van der Waals surface area contributed by atoms with Crippen molar-refractivity contribution >= 4 is 28.8 Å². The third-order valence-corrected chi connectivity index (χ3v) is 2.42. The SMILES string of the molecule is CC1=CC(=S)N(c2ccccc2)C1=O. The van der Waals surface area contributed by atoms with E-state index in [4.69, 9.17) is 12.2 Å². The van der Waals surface area contributed by atoms with Gasteiger partial charge in [-0.25, -0.2) is 0 Å². The van der Waals surface area contributed by atoms with Crippen molar-refractivity contribution in [3.8, 4) is 0 Å². The Morgan fingerprint density at radius 3 is 2.36 bits per heavy atom. The lowest BCUT2D eigenvalue weighted by molar-refractivity contribution is -0.113. The number of amides is 1. The fourth-order valence-corrected chi connectivity index (χ4v) is 1.77. The molecular weight excluding hydrogens is 194 g/mol. The standard InChI is InChI=1S/C11H9NOS/c1-8-7-10(14)12(11(8)13)9-5-3-2-4-6-9/h2-7H,1H3. The van der Waals surface area contributed by atoms with Gasteiger partial charge in [0, 0.05) is 5.57 Å². The minimum atomic E-state index is -0.0267. The van der Waals surface area contributed by atoms with Gasteiger partial charge in [-0.05, 0) is 25.1 Å². The Morgan fingerprint density at radius 2 is 1.86 bits per heavy atom. The summed E-state index contributed by atoms with van der Waals surface area (Å²) in [6.45, 7) is 1.78. The van der Waals surface area contributed by atoms with E-state index in [1.54, 1.807) is 17.9 Å². The Balaban J connectivity index is 2.39.